The lowest BCUT2D eigenvalue weighted by molar-refractivity contribution is 0.340. The van der Waals surface area contributed by atoms with Crippen molar-refractivity contribution in [1.82, 2.24) is 4.37 Å². The molecule has 1 aromatic carbocycles. The van der Waals surface area contributed by atoms with Gasteiger partial charge in [-0.05, 0) is 37.5 Å². The van der Waals surface area contributed by atoms with E-state index in [-0.39, 0.29) is 0 Å². The Balaban J connectivity index is 1.73. The molecule has 2 aromatic rings. The zero-order chi connectivity index (χ0) is 16.2. The summed E-state index contributed by atoms with van der Waals surface area (Å²) >= 11 is 1.43. The fourth-order valence-corrected chi connectivity index (χ4v) is 3.75. The average Bonchev–Trinajstić information content (AvgIpc) is 2.96. The number of aryl methyl sites for hydroxylation is 1. The molecule has 0 atom stereocenters. The van der Waals surface area contributed by atoms with E-state index in [0.29, 0.717) is 6.61 Å². The van der Waals surface area contributed by atoms with Gasteiger partial charge in [0.15, 0.2) is 0 Å². The Morgan fingerprint density at radius 2 is 1.91 bits per heavy atom. The monoisotopic (exact) mass is 328 g/mol. The van der Waals surface area contributed by atoms with E-state index in [1.165, 1.54) is 11.5 Å². The van der Waals surface area contributed by atoms with Gasteiger partial charge in [-0.1, -0.05) is 12.1 Å². The average molecular weight is 328 g/mol. The third-order valence-electron chi connectivity index (χ3n) is 4.03. The van der Waals surface area contributed by atoms with Crippen LogP contribution in [-0.2, 0) is 0 Å². The van der Waals surface area contributed by atoms with Gasteiger partial charge in [0, 0.05) is 26.2 Å². The number of hydrogen-bond acceptors (Lipinski definition) is 6. The Hall–Kier alpha value is -2.26. The molecule has 6 heteroatoms. The van der Waals surface area contributed by atoms with Crippen molar-refractivity contribution < 1.29 is 4.74 Å². The second-order valence-corrected chi connectivity index (χ2v) is 6.19. The van der Waals surface area contributed by atoms with Crippen LogP contribution in [0.15, 0.2) is 24.3 Å². The Bertz CT molecular complexity index is 714. The third-order valence-corrected chi connectivity index (χ3v) is 5.03. The minimum Gasteiger partial charge on any atom is -0.492 e. The highest BCUT2D eigenvalue weighted by molar-refractivity contribution is 7.10. The summed E-state index contributed by atoms with van der Waals surface area (Å²) in [5.41, 5.74) is 2.70. The van der Waals surface area contributed by atoms with Gasteiger partial charge in [-0.25, -0.2) is 0 Å². The van der Waals surface area contributed by atoms with Gasteiger partial charge < -0.3 is 14.5 Å². The first kappa shape index (κ1) is 15.6. The zero-order valence-electron chi connectivity index (χ0n) is 13.5. The summed E-state index contributed by atoms with van der Waals surface area (Å²) in [6, 6.07) is 10.5. The Morgan fingerprint density at radius 1 is 1.22 bits per heavy atom. The lowest BCUT2D eigenvalue weighted by Crippen LogP contribution is -2.46. The second-order valence-electron chi connectivity index (χ2n) is 5.43. The van der Waals surface area contributed by atoms with Crippen LogP contribution in [0.3, 0.4) is 0 Å². The molecule has 23 heavy (non-hydrogen) atoms. The van der Waals surface area contributed by atoms with Gasteiger partial charge in [0.05, 0.1) is 18.0 Å². The molecular weight excluding hydrogens is 308 g/mol. The summed E-state index contributed by atoms with van der Waals surface area (Å²) < 4.78 is 10.1. The fourth-order valence-electron chi connectivity index (χ4n) is 2.85. The van der Waals surface area contributed by atoms with Crippen LogP contribution in [0.1, 0.15) is 18.2 Å². The maximum atomic E-state index is 9.31. The van der Waals surface area contributed by atoms with Crippen LogP contribution in [0.2, 0.25) is 0 Å². The van der Waals surface area contributed by atoms with E-state index in [4.69, 9.17) is 4.74 Å². The molecule has 0 spiro atoms. The summed E-state index contributed by atoms with van der Waals surface area (Å²) in [5.74, 6) is 0.940. The van der Waals surface area contributed by atoms with Gasteiger partial charge in [-0.15, -0.1) is 0 Å². The van der Waals surface area contributed by atoms with Crippen molar-refractivity contribution in [3.63, 3.8) is 0 Å². The SMILES string of the molecule is CCOc1ccccc1N1CCN(c2snc(C)c2C#N)CC1. The summed E-state index contributed by atoms with van der Waals surface area (Å²) in [6.07, 6.45) is 0. The number of hydrogen-bond donors (Lipinski definition) is 0. The van der Waals surface area contributed by atoms with Gasteiger partial charge in [0.2, 0.25) is 0 Å². The molecule has 0 aliphatic carbocycles. The van der Waals surface area contributed by atoms with E-state index in [1.54, 1.807) is 0 Å². The normalized spacial score (nSPS) is 14.7. The number of ether oxygens (including phenoxy) is 1. The minimum atomic E-state index is 0.669. The second kappa shape index (κ2) is 6.88. The van der Waals surface area contributed by atoms with E-state index in [2.05, 4.69) is 26.3 Å². The predicted molar refractivity (Wildman–Crippen MR) is 93.6 cm³/mol. The molecule has 1 aliphatic heterocycles. The Morgan fingerprint density at radius 3 is 2.61 bits per heavy atom. The first-order valence-electron chi connectivity index (χ1n) is 7.82. The van der Waals surface area contributed by atoms with Gasteiger partial charge in [0.1, 0.15) is 22.4 Å². The van der Waals surface area contributed by atoms with E-state index in [9.17, 15) is 5.26 Å². The molecule has 0 saturated carbocycles. The van der Waals surface area contributed by atoms with E-state index in [1.807, 2.05) is 32.0 Å². The molecule has 0 bridgehead atoms. The first-order chi connectivity index (χ1) is 11.2. The van der Waals surface area contributed by atoms with Crippen molar-refractivity contribution in [3.05, 3.63) is 35.5 Å². The van der Waals surface area contributed by atoms with Crippen molar-refractivity contribution in [3.8, 4) is 11.8 Å². The van der Waals surface area contributed by atoms with Crippen LogP contribution in [0.5, 0.6) is 5.75 Å². The van der Waals surface area contributed by atoms with Crippen LogP contribution < -0.4 is 14.5 Å². The molecule has 1 aromatic heterocycles. The van der Waals surface area contributed by atoms with Crippen molar-refractivity contribution >= 4 is 22.2 Å². The Kier molecular flexibility index (Phi) is 4.68. The summed E-state index contributed by atoms with van der Waals surface area (Å²) in [7, 11) is 0. The van der Waals surface area contributed by atoms with Gasteiger partial charge >= 0.3 is 0 Å². The van der Waals surface area contributed by atoms with Crippen LogP contribution in [0, 0.1) is 18.3 Å². The van der Waals surface area contributed by atoms with Crippen molar-refractivity contribution in [1.29, 1.82) is 5.26 Å². The molecule has 0 amide bonds. The molecule has 0 N–H and O–H groups in total. The van der Waals surface area contributed by atoms with Crippen LogP contribution in [-0.4, -0.2) is 37.2 Å². The standard InChI is InChI=1S/C17H20N4OS/c1-3-22-16-7-5-4-6-15(16)20-8-10-21(11-9-20)17-14(12-18)13(2)19-23-17/h4-7H,3,8-11H2,1-2H3. The summed E-state index contributed by atoms with van der Waals surface area (Å²) in [6.45, 7) is 8.16. The van der Waals surface area contributed by atoms with Crippen LogP contribution in [0.4, 0.5) is 10.7 Å². The van der Waals surface area contributed by atoms with Crippen molar-refractivity contribution in [2.45, 2.75) is 13.8 Å². The summed E-state index contributed by atoms with van der Waals surface area (Å²) in [5, 5.41) is 10.3. The topological polar surface area (TPSA) is 52.4 Å². The number of anilines is 2. The van der Waals surface area contributed by atoms with E-state index < -0.39 is 0 Å². The molecule has 1 aliphatic rings. The molecule has 5 nitrogen and oxygen atoms in total. The fraction of sp³-hybridized carbons (Fsp3) is 0.412. The number of piperazine rings is 1. The minimum absolute atomic E-state index is 0.669. The molecule has 120 valence electrons. The molecule has 3 rings (SSSR count). The molecule has 0 unspecified atom stereocenters. The predicted octanol–water partition coefficient (Wildman–Crippen LogP) is 3.05. The highest BCUT2D eigenvalue weighted by Crippen LogP contribution is 2.32. The van der Waals surface area contributed by atoms with E-state index in [0.717, 1.165) is 53.9 Å². The maximum absolute atomic E-state index is 9.31. The van der Waals surface area contributed by atoms with Crippen molar-refractivity contribution in [2.75, 3.05) is 42.6 Å². The highest BCUT2D eigenvalue weighted by Gasteiger charge is 2.23. The number of aromatic nitrogens is 1. The summed E-state index contributed by atoms with van der Waals surface area (Å²) in [4.78, 5) is 4.62. The molecule has 2 heterocycles. The lowest BCUT2D eigenvalue weighted by Gasteiger charge is -2.37. The van der Waals surface area contributed by atoms with Crippen molar-refractivity contribution in [2.24, 2.45) is 0 Å². The molecular formula is C17H20N4OS. The first-order valence-corrected chi connectivity index (χ1v) is 8.60. The zero-order valence-corrected chi connectivity index (χ0v) is 14.3. The lowest BCUT2D eigenvalue weighted by atomic mass is 10.2. The van der Waals surface area contributed by atoms with E-state index >= 15 is 0 Å². The largest absolute Gasteiger partial charge is 0.492 e. The molecule has 1 fully saturated rings. The van der Waals surface area contributed by atoms with Gasteiger partial charge in [-0.3, -0.25) is 0 Å². The van der Waals surface area contributed by atoms with Crippen LogP contribution in [0.25, 0.3) is 0 Å². The van der Waals surface area contributed by atoms with Gasteiger partial charge in [0.25, 0.3) is 0 Å². The number of nitrogens with zero attached hydrogens (tertiary/aromatic N) is 4. The number of rotatable bonds is 4. The molecule has 0 radical (unpaired) electrons. The third kappa shape index (κ3) is 3.10. The highest BCUT2D eigenvalue weighted by atomic mass is 32.1. The number of para-hydroxylation sites is 2. The van der Waals surface area contributed by atoms with Crippen LogP contribution >= 0.6 is 11.5 Å². The molecule has 1 saturated heterocycles. The number of benzene rings is 1. The smallest absolute Gasteiger partial charge is 0.142 e. The quantitative estimate of drug-likeness (QED) is 0.863. The van der Waals surface area contributed by atoms with Gasteiger partial charge in [-0.2, -0.15) is 9.64 Å². The Labute approximate surface area is 140 Å². The number of nitriles is 1. The maximum Gasteiger partial charge on any atom is 0.142 e.